The number of hydrogen-bond acceptors (Lipinski definition) is 2. The summed E-state index contributed by atoms with van der Waals surface area (Å²) >= 11 is 0. The molecule has 0 bridgehead atoms. The number of amides is 1. The van der Waals surface area contributed by atoms with Crippen molar-refractivity contribution in [3.05, 3.63) is 95.8 Å². The van der Waals surface area contributed by atoms with Crippen molar-refractivity contribution in [3.63, 3.8) is 0 Å². The highest BCUT2D eigenvalue weighted by atomic mass is 16.1. The van der Waals surface area contributed by atoms with Gasteiger partial charge in [0.1, 0.15) is 5.82 Å². The Morgan fingerprint density at radius 2 is 1.52 bits per heavy atom. The molecule has 3 aromatic carbocycles. The van der Waals surface area contributed by atoms with E-state index in [4.69, 9.17) is 4.98 Å². The fourth-order valence-electron chi connectivity index (χ4n) is 3.56. The molecule has 4 rings (SSSR count). The number of nitrogens with one attached hydrogen (secondary N) is 1. The summed E-state index contributed by atoms with van der Waals surface area (Å²) in [6, 6.07) is 26.4. The highest BCUT2D eigenvalue weighted by molar-refractivity contribution is 5.90. The van der Waals surface area contributed by atoms with Gasteiger partial charge in [0.2, 0.25) is 5.91 Å². The molecular weight excluding hydrogens is 358 g/mol. The Morgan fingerprint density at radius 1 is 0.828 bits per heavy atom. The summed E-state index contributed by atoms with van der Waals surface area (Å²) in [5.41, 5.74) is 5.46. The predicted molar refractivity (Wildman–Crippen MR) is 118 cm³/mol. The number of carbonyl (C=O) groups excluding carboxylic acids is 1. The zero-order valence-electron chi connectivity index (χ0n) is 16.6. The van der Waals surface area contributed by atoms with Crippen LogP contribution in [0.1, 0.15) is 23.4 Å². The highest BCUT2D eigenvalue weighted by Gasteiger charge is 2.08. The maximum atomic E-state index is 12.2. The smallest absolute Gasteiger partial charge is 0.224 e. The molecule has 4 nitrogen and oxygen atoms in total. The van der Waals surface area contributed by atoms with Crippen LogP contribution in [0.4, 0.5) is 5.69 Å². The maximum Gasteiger partial charge on any atom is 0.224 e. The minimum atomic E-state index is 0.0429. The topological polar surface area (TPSA) is 46.9 Å². The van der Waals surface area contributed by atoms with Gasteiger partial charge in [-0.2, -0.15) is 0 Å². The molecule has 0 aliphatic carbocycles. The van der Waals surface area contributed by atoms with Crippen LogP contribution in [0.25, 0.3) is 11.0 Å². The van der Waals surface area contributed by atoms with E-state index < -0.39 is 0 Å². The fourth-order valence-corrected chi connectivity index (χ4v) is 3.56. The average molecular weight is 383 g/mol. The van der Waals surface area contributed by atoms with Crippen LogP contribution in [0.3, 0.4) is 0 Å². The van der Waals surface area contributed by atoms with Gasteiger partial charge in [0, 0.05) is 25.6 Å². The Morgan fingerprint density at radius 3 is 2.28 bits per heavy atom. The van der Waals surface area contributed by atoms with Crippen molar-refractivity contribution in [2.75, 3.05) is 5.32 Å². The molecule has 1 heterocycles. The van der Waals surface area contributed by atoms with E-state index in [-0.39, 0.29) is 5.91 Å². The summed E-state index contributed by atoms with van der Waals surface area (Å²) in [6.45, 7) is 0. The Hall–Kier alpha value is -3.40. The van der Waals surface area contributed by atoms with Crippen molar-refractivity contribution in [1.82, 2.24) is 9.55 Å². The van der Waals surface area contributed by atoms with Crippen molar-refractivity contribution < 1.29 is 4.79 Å². The number of para-hydroxylation sites is 2. The van der Waals surface area contributed by atoms with Crippen LogP contribution in [0, 0.1) is 0 Å². The van der Waals surface area contributed by atoms with Crippen LogP contribution < -0.4 is 5.32 Å². The second kappa shape index (κ2) is 8.74. The second-order valence-corrected chi connectivity index (χ2v) is 7.31. The number of aromatic nitrogens is 2. The van der Waals surface area contributed by atoms with Crippen molar-refractivity contribution in [2.24, 2.45) is 7.05 Å². The number of aryl methyl sites for hydroxylation is 4. The number of imidazole rings is 1. The van der Waals surface area contributed by atoms with E-state index in [9.17, 15) is 4.79 Å². The van der Waals surface area contributed by atoms with Crippen LogP contribution in [-0.2, 0) is 31.1 Å². The van der Waals surface area contributed by atoms with Crippen LogP contribution in [0.2, 0.25) is 0 Å². The molecule has 29 heavy (non-hydrogen) atoms. The standard InChI is InChI=1S/C25H25N3O/c1-28-23-10-6-5-9-22(23)27-24(28)17-13-20-11-15-21(16-12-20)26-25(29)18-14-19-7-3-2-4-8-19/h2-12,15-16H,13-14,17-18H2,1H3,(H,26,29). The first kappa shape index (κ1) is 18.9. The SMILES string of the molecule is Cn1c(CCc2ccc(NC(=O)CCc3ccccc3)cc2)nc2ccccc21. The number of carbonyl (C=O) groups is 1. The summed E-state index contributed by atoms with van der Waals surface area (Å²) in [4.78, 5) is 16.9. The molecule has 1 amide bonds. The number of nitrogens with zero attached hydrogens (tertiary/aromatic N) is 2. The lowest BCUT2D eigenvalue weighted by Crippen LogP contribution is -2.12. The molecule has 1 aromatic heterocycles. The van der Waals surface area contributed by atoms with Crippen LogP contribution in [0.15, 0.2) is 78.9 Å². The number of hydrogen-bond donors (Lipinski definition) is 1. The lowest BCUT2D eigenvalue weighted by Gasteiger charge is -2.07. The molecule has 0 radical (unpaired) electrons. The molecule has 4 aromatic rings. The minimum absolute atomic E-state index is 0.0429. The van der Waals surface area contributed by atoms with Gasteiger partial charge in [0.25, 0.3) is 0 Å². The van der Waals surface area contributed by atoms with Gasteiger partial charge in [-0.15, -0.1) is 0 Å². The molecule has 0 unspecified atom stereocenters. The average Bonchev–Trinajstić information content (AvgIpc) is 3.08. The quantitative estimate of drug-likeness (QED) is 0.492. The van der Waals surface area contributed by atoms with E-state index in [1.807, 2.05) is 60.7 Å². The van der Waals surface area contributed by atoms with Gasteiger partial charge in [0.15, 0.2) is 0 Å². The lowest BCUT2D eigenvalue weighted by molar-refractivity contribution is -0.116. The van der Waals surface area contributed by atoms with Gasteiger partial charge in [-0.05, 0) is 48.2 Å². The number of benzene rings is 3. The number of fused-ring (bicyclic) bond motifs is 1. The molecule has 146 valence electrons. The van der Waals surface area contributed by atoms with E-state index in [0.717, 1.165) is 41.8 Å². The largest absolute Gasteiger partial charge is 0.331 e. The lowest BCUT2D eigenvalue weighted by atomic mass is 10.1. The van der Waals surface area contributed by atoms with Crippen molar-refractivity contribution >= 4 is 22.6 Å². The maximum absolute atomic E-state index is 12.2. The Kier molecular flexibility index (Phi) is 5.71. The van der Waals surface area contributed by atoms with Gasteiger partial charge < -0.3 is 9.88 Å². The molecule has 0 fully saturated rings. The molecule has 1 N–H and O–H groups in total. The molecule has 0 aliphatic rings. The first-order chi connectivity index (χ1) is 14.2. The zero-order valence-corrected chi connectivity index (χ0v) is 16.6. The van der Waals surface area contributed by atoms with Gasteiger partial charge >= 0.3 is 0 Å². The summed E-state index contributed by atoms with van der Waals surface area (Å²) in [6.07, 6.45) is 3.04. The Labute approximate surface area is 171 Å². The first-order valence-corrected chi connectivity index (χ1v) is 10.0. The monoisotopic (exact) mass is 383 g/mol. The molecule has 0 saturated heterocycles. The predicted octanol–water partition coefficient (Wildman–Crippen LogP) is 4.93. The van der Waals surface area contributed by atoms with Gasteiger partial charge in [-0.3, -0.25) is 4.79 Å². The number of rotatable bonds is 7. The normalized spacial score (nSPS) is 10.9. The molecule has 0 saturated carbocycles. The van der Waals surface area contributed by atoms with Crippen molar-refractivity contribution in [3.8, 4) is 0 Å². The summed E-state index contributed by atoms with van der Waals surface area (Å²) in [5.74, 6) is 1.13. The third-order valence-electron chi connectivity index (χ3n) is 5.24. The van der Waals surface area contributed by atoms with E-state index in [2.05, 4.69) is 35.1 Å². The summed E-state index contributed by atoms with van der Waals surface area (Å²) in [5, 5.41) is 2.98. The van der Waals surface area contributed by atoms with E-state index in [1.165, 1.54) is 11.1 Å². The van der Waals surface area contributed by atoms with Crippen LogP contribution >= 0.6 is 0 Å². The number of anilines is 1. The second-order valence-electron chi connectivity index (χ2n) is 7.31. The van der Waals surface area contributed by atoms with E-state index in [1.54, 1.807) is 0 Å². The molecule has 0 atom stereocenters. The zero-order chi connectivity index (χ0) is 20.1. The molecule has 0 aliphatic heterocycles. The minimum Gasteiger partial charge on any atom is -0.331 e. The van der Waals surface area contributed by atoms with Gasteiger partial charge in [-0.1, -0.05) is 54.6 Å². The summed E-state index contributed by atoms with van der Waals surface area (Å²) in [7, 11) is 2.07. The molecule has 4 heteroatoms. The summed E-state index contributed by atoms with van der Waals surface area (Å²) < 4.78 is 2.16. The first-order valence-electron chi connectivity index (χ1n) is 10.0. The third kappa shape index (κ3) is 4.72. The Balaban J connectivity index is 1.30. The fraction of sp³-hybridized carbons (Fsp3) is 0.200. The molecular formula is C25H25N3O. The van der Waals surface area contributed by atoms with E-state index in [0.29, 0.717) is 6.42 Å². The van der Waals surface area contributed by atoms with Gasteiger partial charge in [0.05, 0.1) is 11.0 Å². The van der Waals surface area contributed by atoms with Crippen LogP contribution in [-0.4, -0.2) is 15.5 Å². The molecule has 0 spiro atoms. The van der Waals surface area contributed by atoms with Crippen molar-refractivity contribution in [1.29, 1.82) is 0 Å². The van der Waals surface area contributed by atoms with Crippen LogP contribution in [0.5, 0.6) is 0 Å². The highest BCUT2D eigenvalue weighted by Crippen LogP contribution is 2.17. The van der Waals surface area contributed by atoms with Gasteiger partial charge in [-0.25, -0.2) is 4.98 Å². The van der Waals surface area contributed by atoms with Crippen molar-refractivity contribution in [2.45, 2.75) is 25.7 Å². The van der Waals surface area contributed by atoms with E-state index >= 15 is 0 Å². The third-order valence-corrected chi connectivity index (χ3v) is 5.24. The Bertz CT molecular complexity index is 1100.